The van der Waals surface area contributed by atoms with E-state index in [1.165, 1.54) is 12.1 Å². The molecule has 3 rings (SSSR count). The van der Waals surface area contributed by atoms with Crippen molar-refractivity contribution in [2.24, 2.45) is 0 Å². The van der Waals surface area contributed by atoms with Gasteiger partial charge in [0.05, 0.1) is 18.2 Å². The van der Waals surface area contributed by atoms with Gasteiger partial charge in [0, 0.05) is 12.3 Å². The lowest BCUT2D eigenvalue weighted by Gasteiger charge is -2.36. The molecule has 0 unspecified atom stereocenters. The Morgan fingerprint density at radius 1 is 1.55 bits per heavy atom. The average molecular weight is 346 g/mol. The molecule has 1 amide bonds. The number of benzene rings is 1. The van der Waals surface area contributed by atoms with Gasteiger partial charge in [-0.1, -0.05) is 17.7 Å². The lowest BCUT2D eigenvalue weighted by molar-refractivity contribution is -0.156. The summed E-state index contributed by atoms with van der Waals surface area (Å²) >= 11 is 7.39. The Morgan fingerprint density at radius 2 is 2.36 bits per heavy atom. The smallest absolute Gasteiger partial charge is 0.255 e. The fourth-order valence-electron chi connectivity index (χ4n) is 2.77. The Balaban J connectivity index is 1.73. The highest BCUT2D eigenvalue weighted by atomic mass is 35.5. The van der Waals surface area contributed by atoms with E-state index in [2.05, 4.69) is 0 Å². The molecular weight excluding hydrogens is 329 g/mol. The van der Waals surface area contributed by atoms with Crippen LogP contribution < -0.4 is 0 Å². The third-order valence-corrected chi connectivity index (χ3v) is 5.53. The standard InChI is InChI=1S/C15H17ClFNO3S/c16-11-7-10(1-2-12(11)17)13-8-18(4-5-21-13)14(19)15(20)3-6-22-9-15/h1-2,7,13,20H,3-6,8-9H2/t13-,15+/m0/s1. The van der Waals surface area contributed by atoms with Gasteiger partial charge in [-0.3, -0.25) is 4.79 Å². The van der Waals surface area contributed by atoms with E-state index in [-0.39, 0.29) is 17.0 Å². The normalized spacial score (nSPS) is 28.9. The van der Waals surface area contributed by atoms with E-state index in [0.717, 1.165) is 11.3 Å². The zero-order valence-electron chi connectivity index (χ0n) is 11.9. The molecule has 0 saturated carbocycles. The van der Waals surface area contributed by atoms with E-state index in [4.69, 9.17) is 16.3 Å². The molecule has 1 aromatic carbocycles. The Morgan fingerprint density at radius 3 is 3.05 bits per heavy atom. The predicted molar refractivity (Wildman–Crippen MR) is 83.6 cm³/mol. The van der Waals surface area contributed by atoms with E-state index < -0.39 is 11.4 Å². The van der Waals surface area contributed by atoms with Crippen molar-refractivity contribution in [2.75, 3.05) is 31.2 Å². The van der Waals surface area contributed by atoms with Gasteiger partial charge in [-0.25, -0.2) is 4.39 Å². The van der Waals surface area contributed by atoms with Crippen LogP contribution in [0.25, 0.3) is 0 Å². The number of morpholine rings is 1. The summed E-state index contributed by atoms with van der Waals surface area (Å²) in [5.41, 5.74) is -0.524. The summed E-state index contributed by atoms with van der Waals surface area (Å²) in [5, 5.41) is 10.5. The molecule has 2 aliphatic rings. The third kappa shape index (κ3) is 3.11. The van der Waals surface area contributed by atoms with Crippen LogP contribution in [0.3, 0.4) is 0 Å². The van der Waals surface area contributed by atoms with Crippen molar-refractivity contribution in [1.82, 2.24) is 4.90 Å². The quantitative estimate of drug-likeness (QED) is 0.893. The molecule has 4 nitrogen and oxygen atoms in total. The molecule has 120 valence electrons. The molecule has 0 bridgehead atoms. The summed E-state index contributed by atoms with van der Waals surface area (Å²) < 4.78 is 18.9. The van der Waals surface area contributed by atoms with Crippen molar-refractivity contribution in [1.29, 1.82) is 0 Å². The van der Waals surface area contributed by atoms with E-state index >= 15 is 0 Å². The highest BCUT2D eigenvalue weighted by Gasteiger charge is 2.43. The SMILES string of the molecule is O=C(N1CCO[C@H](c2ccc(F)c(Cl)c2)C1)[C@@]1(O)CCSC1. The van der Waals surface area contributed by atoms with Crippen molar-refractivity contribution < 1.29 is 19.0 Å². The van der Waals surface area contributed by atoms with Crippen molar-refractivity contribution >= 4 is 29.3 Å². The molecule has 1 aromatic rings. The fraction of sp³-hybridized carbons (Fsp3) is 0.533. The molecule has 22 heavy (non-hydrogen) atoms. The molecule has 0 radical (unpaired) electrons. The van der Waals surface area contributed by atoms with E-state index in [1.807, 2.05) is 0 Å². The van der Waals surface area contributed by atoms with E-state index in [9.17, 15) is 14.3 Å². The van der Waals surface area contributed by atoms with Crippen LogP contribution in [0.15, 0.2) is 18.2 Å². The molecule has 2 heterocycles. The van der Waals surface area contributed by atoms with Crippen molar-refractivity contribution in [3.63, 3.8) is 0 Å². The molecule has 2 atom stereocenters. The molecule has 0 spiro atoms. The first-order valence-electron chi connectivity index (χ1n) is 7.16. The van der Waals surface area contributed by atoms with Gasteiger partial charge in [-0.15, -0.1) is 0 Å². The minimum absolute atomic E-state index is 0.0374. The van der Waals surface area contributed by atoms with Gasteiger partial charge in [0.1, 0.15) is 11.9 Å². The fourth-order valence-corrected chi connectivity index (χ4v) is 4.19. The van der Waals surface area contributed by atoms with Crippen molar-refractivity contribution in [3.05, 3.63) is 34.6 Å². The molecule has 2 aliphatic heterocycles. The minimum atomic E-state index is -1.26. The summed E-state index contributed by atoms with van der Waals surface area (Å²) in [4.78, 5) is 14.2. The van der Waals surface area contributed by atoms with Crippen LogP contribution in [0.4, 0.5) is 4.39 Å². The summed E-state index contributed by atoms with van der Waals surface area (Å²) in [6, 6.07) is 4.43. The second kappa shape index (κ2) is 6.35. The maximum atomic E-state index is 13.3. The van der Waals surface area contributed by atoms with Crippen LogP contribution in [0.5, 0.6) is 0 Å². The van der Waals surface area contributed by atoms with Crippen LogP contribution in [-0.2, 0) is 9.53 Å². The Kier molecular flexibility index (Phi) is 4.64. The number of rotatable bonds is 2. The molecule has 0 aromatic heterocycles. The molecule has 0 aliphatic carbocycles. The summed E-state index contributed by atoms with van der Waals surface area (Å²) in [6.45, 7) is 1.18. The molecule has 2 fully saturated rings. The van der Waals surface area contributed by atoms with Gasteiger partial charge < -0.3 is 14.7 Å². The summed E-state index contributed by atoms with van der Waals surface area (Å²) in [7, 11) is 0. The number of hydrogen-bond donors (Lipinski definition) is 1. The van der Waals surface area contributed by atoms with E-state index in [0.29, 0.717) is 31.9 Å². The average Bonchev–Trinajstić information content (AvgIpc) is 2.97. The first-order valence-corrected chi connectivity index (χ1v) is 8.69. The van der Waals surface area contributed by atoms with Crippen molar-refractivity contribution in [3.8, 4) is 0 Å². The zero-order valence-corrected chi connectivity index (χ0v) is 13.5. The monoisotopic (exact) mass is 345 g/mol. The molecule has 2 saturated heterocycles. The van der Waals surface area contributed by atoms with Crippen LogP contribution in [-0.4, -0.2) is 52.7 Å². The number of halogens is 2. The van der Waals surface area contributed by atoms with Gasteiger partial charge in [-0.05, 0) is 29.9 Å². The number of aliphatic hydroxyl groups is 1. The zero-order chi connectivity index (χ0) is 15.7. The lowest BCUT2D eigenvalue weighted by Crippen LogP contribution is -2.53. The van der Waals surface area contributed by atoms with E-state index in [1.54, 1.807) is 22.7 Å². The Bertz CT molecular complexity index is 580. The highest BCUT2D eigenvalue weighted by Crippen LogP contribution is 2.32. The Hall–Kier alpha value is -0.820. The minimum Gasteiger partial charge on any atom is -0.379 e. The first-order chi connectivity index (χ1) is 10.5. The van der Waals surface area contributed by atoms with Gasteiger partial charge in [0.25, 0.3) is 5.91 Å². The summed E-state index contributed by atoms with van der Waals surface area (Å²) in [5.74, 6) is 0.519. The number of carbonyl (C=O) groups is 1. The topological polar surface area (TPSA) is 49.8 Å². The molecule has 1 N–H and O–H groups in total. The number of carbonyl (C=O) groups excluding carboxylic acids is 1. The third-order valence-electron chi connectivity index (χ3n) is 4.07. The summed E-state index contributed by atoms with van der Waals surface area (Å²) in [6.07, 6.45) is 0.134. The second-order valence-electron chi connectivity index (χ2n) is 5.62. The number of ether oxygens (including phenoxy) is 1. The number of hydrogen-bond acceptors (Lipinski definition) is 4. The number of thioether (sulfide) groups is 1. The number of nitrogens with zero attached hydrogens (tertiary/aromatic N) is 1. The predicted octanol–water partition coefficient (Wildman–Crippen LogP) is 2.25. The van der Waals surface area contributed by atoms with Gasteiger partial charge in [0.15, 0.2) is 5.60 Å². The van der Waals surface area contributed by atoms with Gasteiger partial charge in [-0.2, -0.15) is 11.8 Å². The molecule has 7 heteroatoms. The highest BCUT2D eigenvalue weighted by molar-refractivity contribution is 7.99. The van der Waals surface area contributed by atoms with Crippen molar-refractivity contribution in [2.45, 2.75) is 18.1 Å². The van der Waals surface area contributed by atoms with Gasteiger partial charge >= 0.3 is 0 Å². The van der Waals surface area contributed by atoms with Crippen LogP contribution in [0, 0.1) is 5.82 Å². The van der Waals surface area contributed by atoms with Gasteiger partial charge in [0.2, 0.25) is 0 Å². The maximum Gasteiger partial charge on any atom is 0.255 e. The Labute approximate surface area is 137 Å². The maximum absolute atomic E-state index is 13.3. The lowest BCUT2D eigenvalue weighted by atomic mass is 10.0. The van der Waals surface area contributed by atoms with Crippen LogP contribution in [0.1, 0.15) is 18.1 Å². The number of amides is 1. The van der Waals surface area contributed by atoms with Crippen LogP contribution >= 0.6 is 23.4 Å². The largest absolute Gasteiger partial charge is 0.379 e. The van der Waals surface area contributed by atoms with Crippen LogP contribution in [0.2, 0.25) is 5.02 Å². The second-order valence-corrected chi connectivity index (χ2v) is 7.13. The molecular formula is C15H17ClFNO3S. The first kappa shape index (κ1) is 16.1.